The summed E-state index contributed by atoms with van der Waals surface area (Å²) < 4.78 is 16.5. The van der Waals surface area contributed by atoms with E-state index in [1.807, 2.05) is 26.0 Å². The minimum atomic E-state index is -0.895. The molecule has 1 heterocycles. The molecule has 7 heteroatoms. The molecule has 0 bridgehead atoms. The van der Waals surface area contributed by atoms with Crippen molar-refractivity contribution in [3.63, 3.8) is 0 Å². The zero-order valence-electron chi connectivity index (χ0n) is 18.7. The molecule has 1 unspecified atom stereocenters. The number of hydrogen-bond acceptors (Lipinski definition) is 7. The maximum absolute atomic E-state index is 13.0. The zero-order chi connectivity index (χ0) is 23.0. The summed E-state index contributed by atoms with van der Waals surface area (Å²) in [6.45, 7) is 6.68. The number of esters is 2. The number of aldehydes is 1. The van der Waals surface area contributed by atoms with E-state index in [-0.39, 0.29) is 24.2 Å². The van der Waals surface area contributed by atoms with Gasteiger partial charge in [-0.3, -0.25) is 19.2 Å². The summed E-state index contributed by atoms with van der Waals surface area (Å²) in [4.78, 5) is 47.7. The number of hydrogen-bond donors (Lipinski definition) is 0. The Labute approximate surface area is 183 Å². The van der Waals surface area contributed by atoms with Crippen LogP contribution in [-0.4, -0.2) is 36.9 Å². The first-order valence-electron chi connectivity index (χ1n) is 10.7. The predicted molar refractivity (Wildman–Crippen MR) is 113 cm³/mol. The first kappa shape index (κ1) is 24.7. The van der Waals surface area contributed by atoms with Gasteiger partial charge in [0.1, 0.15) is 6.29 Å². The molecule has 1 fully saturated rings. The molecule has 0 amide bonds. The van der Waals surface area contributed by atoms with Crippen LogP contribution in [0.4, 0.5) is 0 Å². The van der Waals surface area contributed by atoms with Crippen molar-refractivity contribution in [2.45, 2.75) is 59.7 Å². The monoisotopic (exact) mass is 432 g/mol. The van der Waals surface area contributed by atoms with E-state index in [0.717, 1.165) is 11.9 Å². The summed E-state index contributed by atoms with van der Waals surface area (Å²) in [5.74, 6) is -2.04. The highest BCUT2D eigenvalue weighted by atomic mass is 16.7. The Bertz CT molecular complexity index is 775. The summed E-state index contributed by atoms with van der Waals surface area (Å²) in [5, 5.41) is 0. The molecule has 170 valence electrons. The molecule has 0 saturated carbocycles. The topological polar surface area (TPSA) is 96.0 Å². The van der Waals surface area contributed by atoms with Crippen LogP contribution in [0.3, 0.4) is 0 Å². The van der Waals surface area contributed by atoms with Crippen LogP contribution in [0.1, 0.15) is 53.4 Å². The first-order chi connectivity index (χ1) is 14.7. The highest BCUT2D eigenvalue weighted by molar-refractivity contribution is 5.92. The van der Waals surface area contributed by atoms with Crippen molar-refractivity contribution in [2.24, 2.45) is 23.7 Å². The van der Waals surface area contributed by atoms with Gasteiger partial charge >= 0.3 is 11.9 Å². The highest BCUT2D eigenvalue weighted by Crippen LogP contribution is 2.42. The Kier molecular flexibility index (Phi) is 9.37. The van der Waals surface area contributed by atoms with E-state index in [9.17, 15) is 19.2 Å². The van der Waals surface area contributed by atoms with Crippen LogP contribution in [0.2, 0.25) is 0 Å². The van der Waals surface area contributed by atoms with Crippen LogP contribution in [-0.2, 0) is 33.4 Å². The largest absolute Gasteiger partial charge is 0.435 e. The van der Waals surface area contributed by atoms with Crippen molar-refractivity contribution in [1.82, 2.24) is 0 Å². The average Bonchev–Trinajstić information content (AvgIpc) is 2.79. The van der Waals surface area contributed by atoms with Crippen molar-refractivity contribution >= 4 is 24.0 Å². The minimum Gasteiger partial charge on any atom is -0.435 e. The number of ether oxygens (including phenoxy) is 3. The number of ketones is 1. The quantitative estimate of drug-likeness (QED) is 0.273. The number of fused-ring (bicyclic) bond motifs is 1. The minimum absolute atomic E-state index is 0.0721. The normalized spacial score (nSPS) is 28.2. The lowest BCUT2D eigenvalue weighted by molar-refractivity contribution is -0.214. The fraction of sp³-hybridized carbons (Fsp3) is 0.583. The molecule has 2 aliphatic rings. The fourth-order valence-corrected chi connectivity index (χ4v) is 4.07. The van der Waals surface area contributed by atoms with Crippen LogP contribution in [0.25, 0.3) is 0 Å². The smallest absolute Gasteiger partial charge is 0.307 e. The summed E-state index contributed by atoms with van der Waals surface area (Å²) in [5.41, 5.74) is 1.41. The standard InChI is InChI=1S/C24H32O7/c1-15(2)8-11-22(28)21-14-30-24(31-17(4)27)23-19(13-29-16(3)26)7-5-6-18(12-25)9-10-20(21)23/h8-9,11-13,15,20-21,23-24H,5-7,10,14H2,1-4H3/b11-8+,18-9?,19-13?/t20-,21?,23+,24-/m1/s1. The molecule has 0 aromatic carbocycles. The number of carbonyl (C=O) groups is 4. The van der Waals surface area contributed by atoms with Crippen molar-refractivity contribution in [1.29, 1.82) is 0 Å². The van der Waals surface area contributed by atoms with Gasteiger partial charge in [-0.1, -0.05) is 26.0 Å². The van der Waals surface area contributed by atoms with Gasteiger partial charge in [0.2, 0.25) is 6.29 Å². The predicted octanol–water partition coefficient (Wildman–Crippen LogP) is 3.68. The molecule has 0 aromatic rings. The van der Waals surface area contributed by atoms with Gasteiger partial charge in [-0.15, -0.1) is 0 Å². The van der Waals surface area contributed by atoms with E-state index in [1.54, 1.807) is 6.08 Å². The highest BCUT2D eigenvalue weighted by Gasteiger charge is 2.45. The third-order valence-corrected chi connectivity index (χ3v) is 5.54. The van der Waals surface area contributed by atoms with E-state index < -0.39 is 30.1 Å². The van der Waals surface area contributed by atoms with E-state index in [4.69, 9.17) is 14.2 Å². The van der Waals surface area contributed by atoms with Gasteiger partial charge in [0, 0.05) is 25.7 Å². The number of allylic oxidation sites excluding steroid dienone is 4. The maximum Gasteiger partial charge on any atom is 0.307 e. The molecular formula is C24H32O7. The molecule has 2 rings (SSSR count). The summed E-state index contributed by atoms with van der Waals surface area (Å²) >= 11 is 0. The Hall–Kier alpha value is -2.54. The van der Waals surface area contributed by atoms with E-state index in [1.165, 1.54) is 20.1 Å². The third kappa shape index (κ3) is 7.28. The van der Waals surface area contributed by atoms with Crippen LogP contribution in [0.15, 0.2) is 35.6 Å². The van der Waals surface area contributed by atoms with Gasteiger partial charge < -0.3 is 14.2 Å². The van der Waals surface area contributed by atoms with Crippen LogP contribution < -0.4 is 0 Å². The second-order valence-electron chi connectivity index (χ2n) is 8.40. The summed E-state index contributed by atoms with van der Waals surface area (Å²) in [6.07, 6.45) is 8.81. The van der Waals surface area contributed by atoms with E-state index >= 15 is 0 Å². The summed E-state index contributed by atoms with van der Waals surface area (Å²) in [7, 11) is 0. The van der Waals surface area contributed by atoms with Gasteiger partial charge in [-0.05, 0) is 54.7 Å². The second-order valence-corrected chi connectivity index (χ2v) is 8.40. The molecule has 4 atom stereocenters. The van der Waals surface area contributed by atoms with Crippen molar-refractivity contribution in [3.8, 4) is 0 Å². The molecule has 0 spiro atoms. The SMILES string of the molecule is CC(=O)OC=C1CCCC(C=O)=CC[C@@H]2C(C(=O)/C=C/C(C)C)CO[C@H](OC(C)=O)[C@@H]12. The van der Waals surface area contributed by atoms with E-state index in [0.29, 0.717) is 31.3 Å². The van der Waals surface area contributed by atoms with Gasteiger partial charge in [0.05, 0.1) is 12.9 Å². The second kappa shape index (κ2) is 11.7. The maximum atomic E-state index is 13.0. The Morgan fingerprint density at radius 3 is 2.52 bits per heavy atom. The first-order valence-corrected chi connectivity index (χ1v) is 10.7. The molecule has 1 aliphatic carbocycles. The Morgan fingerprint density at radius 1 is 1.16 bits per heavy atom. The van der Waals surface area contributed by atoms with Crippen molar-refractivity contribution < 1.29 is 33.4 Å². The molecule has 1 aliphatic heterocycles. The van der Waals surface area contributed by atoms with Crippen LogP contribution in [0.5, 0.6) is 0 Å². The molecule has 0 radical (unpaired) electrons. The number of rotatable bonds is 6. The van der Waals surface area contributed by atoms with Gasteiger partial charge in [-0.25, -0.2) is 0 Å². The van der Waals surface area contributed by atoms with Crippen molar-refractivity contribution in [3.05, 3.63) is 35.6 Å². The van der Waals surface area contributed by atoms with Crippen LogP contribution in [0, 0.1) is 23.7 Å². The molecule has 7 nitrogen and oxygen atoms in total. The lowest BCUT2D eigenvalue weighted by Crippen LogP contribution is -2.47. The third-order valence-electron chi connectivity index (χ3n) is 5.54. The molecule has 0 N–H and O–H groups in total. The lowest BCUT2D eigenvalue weighted by atomic mass is 9.71. The Balaban J connectivity index is 2.51. The van der Waals surface area contributed by atoms with Gasteiger partial charge in [-0.2, -0.15) is 0 Å². The number of carbonyl (C=O) groups excluding carboxylic acids is 4. The molecular weight excluding hydrogens is 400 g/mol. The van der Waals surface area contributed by atoms with Crippen LogP contribution >= 0.6 is 0 Å². The van der Waals surface area contributed by atoms with Crippen molar-refractivity contribution in [2.75, 3.05) is 6.61 Å². The van der Waals surface area contributed by atoms with Gasteiger partial charge in [0.25, 0.3) is 0 Å². The fourth-order valence-electron chi connectivity index (χ4n) is 4.07. The Morgan fingerprint density at radius 2 is 1.90 bits per heavy atom. The molecule has 0 aromatic heterocycles. The lowest BCUT2D eigenvalue weighted by Gasteiger charge is -2.42. The van der Waals surface area contributed by atoms with E-state index in [2.05, 4.69) is 0 Å². The zero-order valence-corrected chi connectivity index (χ0v) is 18.7. The van der Waals surface area contributed by atoms with Gasteiger partial charge in [0.15, 0.2) is 5.78 Å². The molecule has 31 heavy (non-hydrogen) atoms. The average molecular weight is 433 g/mol. The molecule has 1 saturated heterocycles. The summed E-state index contributed by atoms with van der Waals surface area (Å²) in [6, 6.07) is 0.